The van der Waals surface area contributed by atoms with Gasteiger partial charge in [-0.15, -0.1) is 0 Å². The Bertz CT molecular complexity index is 770. The molecule has 2 aromatic heterocycles. The maximum Gasteiger partial charge on any atom is 0.276 e. The molecule has 0 saturated carbocycles. The largest absolute Gasteiger partial charge is 0.377 e. The Hall–Kier alpha value is -2.75. The maximum absolute atomic E-state index is 12.6. The number of carbonyl (C=O) groups is 2. The number of nitrogens with zero attached hydrogens (tertiary/aromatic N) is 4. The fourth-order valence-electron chi connectivity index (χ4n) is 2.91. The van der Waals surface area contributed by atoms with Gasteiger partial charge in [-0.1, -0.05) is 10.3 Å². The smallest absolute Gasteiger partial charge is 0.276 e. The van der Waals surface area contributed by atoms with E-state index >= 15 is 0 Å². The van der Waals surface area contributed by atoms with Crippen LogP contribution < -0.4 is 5.32 Å². The number of carbonyl (C=O) groups excluding carboxylic acids is 2. The van der Waals surface area contributed by atoms with E-state index in [2.05, 4.69) is 20.6 Å². The lowest BCUT2D eigenvalue weighted by Gasteiger charge is -2.13. The monoisotopic (exact) mass is 349 g/mol. The Balaban J connectivity index is 1.82. The van der Waals surface area contributed by atoms with Gasteiger partial charge in [-0.05, 0) is 6.92 Å². The Morgan fingerprint density at radius 3 is 2.80 bits per heavy atom. The lowest BCUT2D eigenvalue weighted by Crippen LogP contribution is -2.33. The molecule has 2 aromatic rings. The van der Waals surface area contributed by atoms with Crippen LogP contribution in [0.3, 0.4) is 0 Å². The molecule has 2 amide bonds. The van der Waals surface area contributed by atoms with E-state index < -0.39 is 11.8 Å². The van der Waals surface area contributed by atoms with E-state index in [1.165, 1.54) is 7.11 Å². The SMILES string of the molecule is CNC(=O)[C@@H]1CN(C(=O)c2cc(C)on2)C[C@H]1c1nc(COC)no1. The Morgan fingerprint density at radius 2 is 2.16 bits per heavy atom. The molecule has 0 unspecified atom stereocenters. The van der Waals surface area contributed by atoms with E-state index in [-0.39, 0.29) is 37.2 Å². The molecule has 10 heteroatoms. The molecule has 0 spiro atoms. The molecule has 25 heavy (non-hydrogen) atoms. The summed E-state index contributed by atoms with van der Waals surface area (Å²) in [5.41, 5.74) is 0.208. The van der Waals surface area contributed by atoms with Crippen LogP contribution in [0.4, 0.5) is 0 Å². The molecule has 2 atom stereocenters. The maximum atomic E-state index is 12.6. The second kappa shape index (κ2) is 7.01. The molecule has 1 aliphatic heterocycles. The summed E-state index contributed by atoms with van der Waals surface area (Å²) in [6, 6.07) is 1.56. The number of hydrogen-bond acceptors (Lipinski definition) is 8. The van der Waals surface area contributed by atoms with Crippen LogP contribution in [0.15, 0.2) is 15.1 Å². The van der Waals surface area contributed by atoms with Gasteiger partial charge in [0.2, 0.25) is 11.8 Å². The van der Waals surface area contributed by atoms with Crippen LogP contribution in [0.5, 0.6) is 0 Å². The van der Waals surface area contributed by atoms with Crippen molar-refractivity contribution in [3.63, 3.8) is 0 Å². The minimum Gasteiger partial charge on any atom is -0.377 e. The normalized spacial score (nSPS) is 20.0. The first-order valence-corrected chi connectivity index (χ1v) is 7.79. The number of aryl methyl sites for hydroxylation is 1. The fraction of sp³-hybridized carbons (Fsp3) is 0.533. The molecule has 1 saturated heterocycles. The summed E-state index contributed by atoms with van der Waals surface area (Å²) in [6.45, 7) is 2.43. The summed E-state index contributed by atoms with van der Waals surface area (Å²) in [5, 5.41) is 10.2. The quantitative estimate of drug-likeness (QED) is 0.807. The molecule has 0 radical (unpaired) electrons. The lowest BCUT2D eigenvalue weighted by molar-refractivity contribution is -0.124. The molecule has 1 fully saturated rings. The molecule has 134 valence electrons. The third-order valence-electron chi connectivity index (χ3n) is 4.11. The zero-order valence-corrected chi connectivity index (χ0v) is 14.2. The van der Waals surface area contributed by atoms with E-state index in [0.29, 0.717) is 17.5 Å². The first-order valence-electron chi connectivity index (χ1n) is 7.79. The lowest BCUT2D eigenvalue weighted by atomic mass is 9.95. The first-order chi connectivity index (χ1) is 12.0. The second-order valence-electron chi connectivity index (χ2n) is 5.84. The van der Waals surface area contributed by atoms with Crippen LogP contribution in [-0.2, 0) is 16.1 Å². The molecule has 3 rings (SSSR count). The summed E-state index contributed by atoms with van der Waals surface area (Å²) >= 11 is 0. The van der Waals surface area contributed by atoms with Crippen molar-refractivity contribution in [2.75, 3.05) is 27.2 Å². The number of hydrogen-bond donors (Lipinski definition) is 1. The zero-order valence-electron chi connectivity index (χ0n) is 14.2. The number of methoxy groups -OCH3 is 1. The third kappa shape index (κ3) is 3.38. The van der Waals surface area contributed by atoms with Gasteiger partial charge in [0, 0.05) is 33.3 Å². The van der Waals surface area contributed by atoms with Gasteiger partial charge >= 0.3 is 0 Å². The Labute approximate surface area is 143 Å². The number of rotatable bonds is 5. The summed E-state index contributed by atoms with van der Waals surface area (Å²) < 4.78 is 15.2. The van der Waals surface area contributed by atoms with Crippen LogP contribution in [0.25, 0.3) is 0 Å². The van der Waals surface area contributed by atoms with E-state index in [9.17, 15) is 9.59 Å². The summed E-state index contributed by atoms with van der Waals surface area (Å²) in [4.78, 5) is 30.6. The molecule has 0 aromatic carbocycles. The number of amides is 2. The first kappa shape index (κ1) is 17.1. The molecular weight excluding hydrogens is 330 g/mol. The topological polar surface area (TPSA) is 124 Å². The van der Waals surface area contributed by atoms with Crippen molar-refractivity contribution in [2.24, 2.45) is 5.92 Å². The number of nitrogens with one attached hydrogen (secondary N) is 1. The summed E-state index contributed by atoms with van der Waals surface area (Å²) in [6.07, 6.45) is 0. The molecule has 1 N–H and O–H groups in total. The second-order valence-corrected chi connectivity index (χ2v) is 5.84. The van der Waals surface area contributed by atoms with Gasteiger partial charge in [0.15, 0.2) is 11.5 Å². The third-order valence-corrected chi connectivity index (χ3v) is 4.11. The van der Waals surface area contributed by atoms with Gasteiger partial charge in [-0.3, -0.25) is 9.59 Å². The highest BCUT2D eigenvalue weighted by Gasteiger charge is 2.43. The van der Waals surface area contributed by atoms with Gasteiger partial charge in [0.05, 0.1) is 11.8 Å². The Morgan fingerprint density at radius 1 is 1.36 bits per heavy atom. The minimum atomic E-state index is -0.488. The summed E-state index contributed by atoms with van der Waals surface area (Å²) in [5.74, 6) is -0.124. The average Bonchev–Trinajstić information content (AvgIpc) is 3.32. The van der Waals surface area contributed by atoms with E-state index in [4.69, 9.17) is 13.8 Å². The molecule has 1 aliphatic rings. The van der Waals surface area contributed by atoms with Crippen LogP contribution in [0, 0.1) is 12.8 Å². The highest BCUT2D eigenvalue weighted by atomic mass is 16.5. The van der Waals surface area contributed by atoms with Gasteiger partial charge in [-0.25, -0.2) is 0 Å². The van der Waals surface area contributed by atoms with Gasteiger partial charge in [0.25, 0.3) is 5.91 Å². The van der Waals surface area contributed by atoms with E-state index in [0.717, 1.165) is 0 Å². The van der Waals surface area contributed by atoms with Crippen LogP contribution >= 0.6 is 0 Å². The standard InChI is InChI=1S/C15H19N5O5/c1-8-4-11(18-24-8)15(22)20-5-9(13(21)16-2)10(6-20)14-17-12(7-23-3)19-25-14/h4,9-10H,5-7H2,1-3H3,(H,16,21)/t9-,10-/m1/s1. The predicted octanol–water partition coefficient (Wildman–Crippen LogP) is 0.114. The van der Waals surface area contributed by atoms with E-state index in [1.807, 2.05) is 0 Å². The zero-order chi connectivity index (χ0) is 18.0. The molecular formula is C15H19N5O5. The van der Waals surface area contributed by atoms with Crippen molar-refractivity contribution >= 4 is 11.8 Å². The van der Waals surface area contributed by atoms with Gasteiger partial charge < -0.3 is 24.0 Å². The number of likely N-dealkylation sites (tertiary alicyclic amines) is 1. The van der Waals surface area contributed by atoms with Crippen molar-refractivity contribution in [1.82, 2.24) is 25.5 Å². The molecule has 0 aliphatic carbocycles. The van der Waals surface area contributed by atoms with Crippen molar-refractivity contribution < 1.29 is 23.4 Å². The van der Waals surface area contributed by atoms with Crippen LogP contribution in [-0.4, -0.2) is 59.3 Å². The van der Waals surface area contributed by atoms with Crippen LogP contribution in [0.2, 0.25) is 0 Å². The molecule has 3 heterocycles. The fourth-order valence-corrected chi connectivity index (χ4v) is 2.91. The van der Waals surface area contributed by atoms with Crippen molar-refractivity contribution in [3.8, 4) is 0 Å². The van der Waals surface area contributed by atoms with Gasteiger partial charge in [0.1, 0.15) is 12.4 Å². The number of aromatic nitrogens is 3. The highest BCUT2D eigenvalue weighted by molar-refractivity contribution is 5.93. The average molecular weight is 349 g/mol. The Kier molecular flexibility index (Phi) is 4.79. The van der Waals surface area contributed by atoms with Crippen molar-refractivity contribution in [2.45, 2.75) is 19.4 Å². The van der Waals surface area contributed by atoms with Crippen molar-refractivity contribution in [1.29, 1.82) is 0 Å². The number of ether oxygens (including phenoxy) is 1. The minimum absolute atomic E-state index is 0.192. The summed E-state index contributed by atoms with van der Waals surface area (Å²) in [7, 11) is 3.08. The molecule has 10 nitrogen and oxygen atoms in total. The van der Waals surface area contributed by atoms with Crippen molar-refractivity contribution in [3.05, 3.63) is 29.2 Å². The molecule has 0 bridgehead atoms. The highest BCUT2D eigenvalue weighted by Crippen LogP contribution is 2.32. The van der Waals surface area contributed by atoms with Crippen LogP contribution in [0.1, 0.15) is 33.9 Å². The van der Waals surface area contributed by atoms with Gasteiger partial charge in [-0.2, -0.15) is 4.98 Å². The predicted molar refractivity (Wildman–Crippen MR) is 82.5 cm³/mol. The van der Waals surface area contributed by atoms with E-state index in [1.54, 1.807) is 24.9 Å².